The molecule has 22 heavy (non-hydrogen) atoms. The van der Waals surface area contributed by atoms with Crippen LogP contribution in [0.3, 0.4) is 0 Å². The molecule has 1 N–H and O–H groups in total. The molecule has 0 radical (unpaired) electrons. The molecule has 6 nitrogen and oxygen atoms in total. The predicted molar refractivity (Wildman–Crippen MR) is 85.0 cm³/mol. The van der Waals surface area contributed by atoms with Gasteiger partial charge in [0.1, 0.15) is 5.75 Å². The summed E-state index contributed by atoms with van der Waals surface area (Å²) in [5, 5.41) is 0. The molecule has 0 saturated carbocycles. The zero-order valence-corrected chi connectivity index (χ0v) is 14.6. The number of hydrogen-bond donors (Lipinski definition) is 1. The minimum Gasteiger partial charge on any atom is -0.497 e. The average Bonchev–Trinajstić information content (AvgIpc) is 2.66. The average molecular weight is 327 g/mol. The van der Waals surface area contributed by atoms with E-state index in [1.807, 2.05) is 27.7 Å². The Morgan fingerprint density at radius 1 is 1.14 bits per heavy atom. The van der Waals surface area contributed by atoms with Gasteiger partial charge in [0.25, 0.3) is 0 Å². The van der Waals surface area contributed by atoms with Crippen molar-refractivity contribution < 1.29 is 22.5 Å². The van der Waals surface area contributed by atoms with Crippen LogP contribution in [0.1, 0.15) is 27.7 Å². The number of methoxy groups -OCH3 is 1. The lowest BCUT2D eigenvalue weighted by molar-refractivity contribution is 0.00578. The van der Waals surface area contributed by atoms with Crippen molar-refractivity contribution in [3.05, 3.63) is 18.2 Å². The molecule has 1 aromatic rings. The maximum Gasteiger partial charge on any atom is 0.496 e. The van der Waals surface area contributed by atoms with E-state index in [2.05, 4.69) is 4.72 Å². The van der Waals surface area contributed by atoms with Crippen molar-refractivity contribution in [2.45, 2.75) is 43.8 Å². The molecule has 122 valence electrons. The Morgan fingerprint density at radius 2 is 1.68 bits per heavy atom. The lowest BCUT2D eigenvalue weighted by Gasteiger charge is -2.32. The number of rotatable bonds is 4. The summed E-state index contributed by atoms with van der Waals surface area (Å²) >= 11 is 0. The predicted octanol–water partition coefficient (Wildman–Crippen LogP) is 0.902. The fraction of sp³-hybridized carbons (Fsp3) is 0.571. The highest BCUT2D eigenvalue weighted by atomic mass is 32.2. The molecule has 0 aromatic heterocycles. The molecule has 0 bridgehead atoms. The van der Waals surface area contributed by atoms with Gasteiger partial charge in [0.05, 0.1) is 23.2 Å². The molecule has 8 heteroatoms. The van der Waals surface area contributed by atoms with Crippen molar-refractivity contribution in [3.8, 4) is 5.75 Å². The SMILES string of the molecule is CNS(=O)(=O)c1cc(OC)ccc1B1OC(C)(C)C(C)(C)O1. The summed E-state index contributed by atoms with van der Waals surface area (Å²) in [6.45, 7) is 7.68. The van der Waals surface area contributed by atoms with Crippen LogP contribution in [0, 0.1) is 0 Å². The van der Waals surface area contributed by atoms with Crippen molar-refractivity contribution in [1.82, 2.24) is 4.72 Å². The Hall–Kier alpha value is -1.09. The van der Waals surface area contributed by atoms with Gasteiger partial charge >= 0.3 is 7.12 Å². The van der Waals surface area contributed by atoms with E-state index in [1.165, 1.54) is 20.2 Å². The van der Waals surface area contributed by atoms with Gasteiger partial charge in [0, 0.05) is 5.46 Å². The second kappa shape index (κ2) is 5.52. The van der Waals surface area contributed by atoms with Crippen molar-refractivity contribution in [2.24, 2.45) is 0 Å². The molecule has 1 aromatic carbocycles. The molecule has 1 fully saturated rings. The van der Waals surface area contributed by atoms with E-state index in [0.29, 0.717) is 11.2 Å². The third-order valence-corrected chi connectivity index (χ3v) is 5.76. The monoisotopic (exact) mass is 327 g/mol. The lowest BCUT2D eigenvalue weighted by Crippen LogP contribution is -2.41. The van der Waals surface area contributed by atoms with Gasteiger partial charge in [-0.05, 0) is 46.9 Å². The highest BCUT2D eigenvalue weighted by Crippen LogP contribution is 2.37. The first kappa shape index (κ1) is 17.3. The third-order valence-electron chi connectivity index (χ3n) is 4.29. The normalized spacial score (nSPS) is 20.2. The summed E-state index contributed by atoms with van der Waals surface area (Å²) in [5.74, 6) is 0.453. The van der Waals surface area contributed by atoms with E-state index in [-0.39, 0.29) is 4.90 Å². The van der Waals surface area contributed by atoms with E-state index < -0.39 is 28.3 Å². The summed E-state index contributed by atoms with van der Waals surface area (Å²) in [7, 11) is -1.57. The Bertz CT molecular complexity index is 656. The zero-order valence-electron chi connectivity index (χ0n) is 13.8. The number of ether oxygens (including phenoxy) is 1. The molecule has 1 heterocycles. The fourth-order valence-electron chi connectivity index (χ4n) is 2.15. The van der Waals surface area contributed by atoms with Gasteiger partial charge < -0.3 is 14.0 Å². The largest absolute Gasteiger partial charge is 0.497 e. The van der Waals surface area contributed by atoms with Gasteiger partial charge in [-0.25, -0.2) is 13.1 Å². The maximum atomic E-state index is 12.3. The van der Waals surface area contributed by atoms with E-state index >= 15 is 0 Å². The maximum absolute atomic E-state index is 12.3. The first-order valence-electron chi connectivity index (χ1n) is 7.01. The first-order chi connectivity index (χ1) is 10.0. The van der Waals surface area contributed by atoms with Crippen LogP contribution in [0.5, 0.6) is 5.75 Å². The molecular formula is C14H22BNO5S. The minimum absolute atomic E-state index is 0.0906. The number of benzene rings is 1. The third kappa shape index (κ3) is 2.88. The van der Waals surface area contributed by atoms with Crippen molar-refractivity contribution in [1.29, 1.82) is 0 Å². The molecular weight excluding hydrogens is 305 g/mol. The summed E-state index contributed by atoms with van der Waals surface area (Å²) in [4.78, 5) is 0.0906. The van der Waals surface area contributed by atoms with Crippen molar-refractivity contribution in [3.63, 3.8) is 0 Å². The van der Waals surface area contributed by atoms with Crippen LogP contribution < -0.4 is 14.9 Å². The van der Waals surface area contributed by atoms with Gasteiger partial charge in [-0.15, -0.1) is 0 Å². The minimum atomic E-state index is -3.66. The van der Waals surface area contributed by atoms with Gasteiger partial charge in [-0.2, -0.15) is 0 Å². The molecule has 2 rings (SSSR count). The molecule has 1 saturated heterocycles. The highest BCUT2D eigenvalue weighted by Gasteiger charge is 2.52. The van der Waals surface area contributed by atoms with Crippen molar-refractivity contribution in [2.75, 3.05) is 14.2 Å². The Kier molecular flexibility index (Phi) is 4.34. The second-order valence-corrected chi connectivity index (χ2v) is 8.05. The van der Waals surface area contributed by atoms with Gasteiger partial charge in [-0.3, -0.25) is 0 Å². The zero-order chi connectivity index (χ0) is 16.8. The molecule has 1 aliphatic heterocycles. The van der Waals surface area contributed by atoms with E-state index in [9.17, 15) is 8.42 Å². The number of hydrogen-bond acceptors (Lipinski definition) is 5. The summed E-state index contributed by atoms with van der Waals surface area (Å²) in [5.41, 5.74) is -0.634. The van der Waals surface area contributed by atoms with E-state index in [4.69, 9.17) is 14.0 Å². The van der Waals surface area contributed by atoms with Gasteiger partial charge in [0.15, 0.2) is 0 Å². The van der Waals surface area contributed by atoms with Gasteiger partial charge in [0.2, 0.25) is 10.0 Å². The van der Waals surface area contributed by atoms with E-state index in [1.54, 1.807) is 12.1 Å². The van der Waals surface area contributed by atoms with Crippen LogP contribution in [0.15, 0.2) is 23.1 Å². The summed E-state index contributed by atoms with van der Waals surface area (Å²) < 4.78 is 43.9. The lowest BCUT2D eigenvalue weighted by atomic mass is 9.79. The molecule has 1 aliphatic rings. The quantitative estimate of drug-likeness (QED) is 0.832. The Labute approximate surface area is 132 Å². The highest BCUT2D eigenvalue weighted by molar-refractivity contribution is 7.89. The number of nitrogens with one attached hydrogen (secondary N) is 1. The van der Waals surface area contributed by atoms with E-state index in [0.717, 1.165) is 0 Å². The van der Waals surface area contributed by atoms with Crippen LogP contribution in [0.2, 0.25) is 0 Å². The molecule has 0 aliphatic carbocycles. The molecule has 0 unspecified atom stereocenters. The topological polar surface area (TPSA) is 73.9 Å². The molecule has 0 amide bonds. The van der Waals surface area contributed by atoms with Crippen LogP contribution in [0.25, 0.3) is 0 Å². The molecule has 0 spiro atoms. The first-order valence-corrected chi connectivity index (χ1v) is 8.49. The standard InChI is InChI=1S/C14H22BNO5S/c1-13(2)14(3,4)21-15(20-13)11-8-7-10(19-6)9-12(11)22(17,18)16-5/h7-9,16H,1-6H3. The van der Waals surface area contributed by atoms with Crippen LogP contribution >= 0.6 is 0 Å². The molecule has 0 atom stereocenters. The van der Waals surface area contributed by atoms with Crippen LogP contribution in [-0.2, 0) is 19.3 Å². The van der Waals surface area contributed by atoms with Crippen LogP contribution in [-0.4, -0.2) is 40.9 Å². The summed E-state index contributed by atoms with van der Waals surface area (Å²) in [6, 6.07) is 4.81. The fourth-order valence-corrected chi connectivity index (χ4v) is 3.11. The van der Waals surface area contributed by atoms with Crippen LogP contribution in [0.4, 0.5) is 0 Å². The Balaban J connectivity index is 2.53. The second-order valence-electron chi connectivity index (χ2n) is 6.20. The van der Waals surface area contributed by atoms with Gasteiger partial charge in [-0.1, -0.05) is 6.07 Å². The summed E-state index contributed by atoms with van der Waals surface area (Å²) in [6.07, 6.45) is 0. The number of sulfonamides is 1. The smallest absolute Gasteiger partial charge is 0.496 e. The van der Waals surface area contributed by atoms with Crippen molar-refractivity contribution >= 4 is 22.6 Å². The Morgan fingerprint density at radius 3 is 2.14 bits per heavy atom.